The Balaban J connectivity index is -0.00000000275. The van der Waals surface area contributed by atoms with Crippen LogP contribution in [-0.2, 0) is 327 Å². The van der Waals surface area contributed by atoms with Crippen LogP contribution < -0.4 is 0 Å². The largest absolute Gasteiger partial charge is 3.00 e. The van der Waals surface area contributed by atoms with E-state index in [2.05, 4.69) is 59.9 Å². The van der Waals surface area contributed by atoms with Crippen molar-refractivity contribution in [1.29, 1.82) is 0 Å². The molecule has 1 rings (SSSR count). The van der Waals surface area contributed by atoms with Crippen molar-refractivity contribution in [2.24, 2.45) is 5.92 Å². The van der Waals surface area contributed by atoms with Crippen molar-refractivity contribution in [1.82, 2.24) is 4.90 Å². The van der Waals surface area contributed by atoms with Crippen LogP contribution in [0.2, 0.25) is 0 Å². The van der Waals surface area contributed by atoms with Crippen LogP contribution in [0.5, 0.6) is 0 Å². The Labute approximate surface area is 577 Å². The SMILES string of the molecule is C.C.C.C.C.CC.CC.CC.CC.CC.CCC.CCC.CCN1[CH-]C[C@@H](C)[C@H]1C.[CH3-].[CH3-].[CH3-].[CH3-].[CH3-].[CH3-].[CH3-].[CH3-].[Y+3].[Y].[Y].[Y].[Y].[Y].[Y].[Y].[Y].[Y]. The molecule has 0 amide bonds. The van der Waals surface area contributed by atoms with Crippen LogP contribution in [-0.4, -0.2) is 17.5 Å². The fourth-order valence-electron chi connectivity index (χ4n) is 1.41. The van der Waals surface area contributed by atoms with Crippen molar-refractivity contribution in [2.75, 3.05) is 6.54 Å². The third-order valence-corrected chi connectivity index (χ3v) is 2.42. The number of rotatable bonds is 1. The zero-order chi connectivity index (χ0) is 22.3. The first-order valence-electron chi connectivity index (χ1n) is 11.7. The topological polar surface area (TPSA) is 3.24 Å². The van der Waals surface area contributed by atoms with Gasteiger partial charge in [-0.2, -0.15) is 6.42 Å². The minimum atomic E-state index is 0. The van der Waals surface area contributed by atoms with E-state index in [1.165, 1.54) is 25.8 Å². The van der Waals surface area contributed by atoms with Crippen molar-refractivity contribution in [3.63, 3.8) is 0 Å². The molecule has 1 aliphatic heterocycles. The van der Waals surface area contributed by atoms with Gasteiger partial charge in [0.2, 0.25) is 0 Å². The summed E-state index contributed by atoms with van der Waals surface area (Å²) in [6.07, 6.45) is 3.77. The van der Waals surface area contributed by atoms with Crippen molar-refractivity contribution in [3.8, 4) is 0 Å². The summed E-state index contributed by atoms with van der Waals surface area (Å²) in [6, 6.07) is 0.773. The first kappa shape index (κ1) is 236. The Morgan fingerprint density at radius 1 is 0.417 bits per heavy atom. The minimum absolute atomic E-state index is 0. The maximum Gasteiger partial charge on any atom is 3.00 e. The van der Waals surface area contributed by atoms with Gasteiger partial charge in [0, 0.05) is 294 Å². The molecule has 0 aliphatic carbocycles. The van der Waals surface area contributed by atoms with Gasteiger partial charge in [-0.05, 0) is 12.6 Å². The molecule has 0 saturated carbocycles. The van der Waals surface area contributed by atoms with Crippen molar-refractivity contribution in [2.45, 2.75) is 180 Å². The molecule has 2 atom stereocenters. The zero-order valence-corrected chi connectivity index (χ0v) is 64.2. The third-order valence-electron chi connectivity index (χ3n) is 2.42. The molecular weight excluding hydrogens is 1350 g/mol. The number of hydrogen-bond donors (Lipinski definition) is 0. The van der Waals surface area contributed by atoms with Gasteiger partial charge in [-0.25, -0.2) is 0 Å². The van der Waals surface area contributed by atoms with E-state index in [4.69, 9.17) is 0 Å². The molecule has 1 nitrogen and oxygen atoms in total. The van der Waals surface area contributed by atoms with Gasteiger partial charge in [0.1, 0.15) is 0 Å². The van der Waals surface area contributed by atoms with E-state index in [-0.39, 0.29) is 424 Å². The number of nitrogens with zero attached hydrogens (tertiary/aromatic N) is 1. The van der Waals surface area contributed by atoms with Gasteiger partial charge in [0.05, 0.1) is 0 Å². The van der Waals surface area contributed by atoms with Gasteiger partial charge in [-0.3, -0.25) is 6.54 Å². The van der Waals surface area contributed by atoms with Crippen LogP contribution in [0.15, 0.2) is 0 Å². The van der Waals surface area contributed by atoms with E-state index < -0.39 is 0 Å². The van der Waals surface area contributed by atoms with Crippen LogP contribution in [0.4, 0.5) is 0 Å². The Morgan fingerprint density at radius 3 is 0.583 bits per heavy atom. The molecule has 0 unspecified atom stereocenters. The molecule has 9 radical (unpaired) electrons. The average Bonchev–Trinajstić information content (AvgIpc) is 3.03. The predicted molar refractivity (Wildman–Crippen MR) is 214 cm³/mol. The van der Waals surface area contributed by atoms with E-state index in [1.807, 2.05) is 69.2 Å². The van der Waals surface area contributed by atoms with Gasteiger partial charge >= 0.3 is 32.7 Å². The molecule has 11 heteroatoms. The fraction of sp³-hybridized carbons (Fsp3) is 0.757. The summed E-state index contributed by atoms with van der Waals surface area (Å²) in [4.78, 5) is 2.42. The molecule has 0 aromatic heterocycles. The Morgan fingerprint density at radius 2 is 0.542 bits per heavy atom. The molecule has 295 valence electrons. The van der Waals surface area contributed by atoms with Gasteiger partial charge in [-0.1, -0.05) is 174 Å². The van der Waals surface area contributed by atoms with Crippen molar-refractivity contribution in [3.05, 3.63) is 66.0 Å². The normalized spacial score (nSPS) is 8.44. The summed E-state index contributed by atoms with van der Waals surface area (Å²) in [5, 5.41) is 0. The van der Waals surface area contributed by atoms with E-state index in [1.54, 1.807) is 0 Å². The Hall–Kier alpha value is 11.0. The van der Waals surface area contributed by atoms with Crippen LogP contribution in [0.3, 0.4) is 0 Å². The molecule has 1 aliphatic rings. The summed E-state index contributed by atoms with van der Waals surface area (Å²) in [5.74, 6) is 0.866. The summed E-state index contributed by atoms with van der Waals surface area (Å²) < 4.78 is 0. The average molecular weight is 1450 g/mol. The quantitative estimate of drug-likeness (QED) is 0.237. The van der Waals surface area contributed by atoms with Crippen molar-refractivity contribution < 1.29 is 327 Å². The zero-order valence-electron chi connectivity index (χ0n) is 35.8. The summed E-state index contributed by atoms with van der Waals surface area (Å²) in [6.45, 7) is 38.8. The standard InChI is InChI=1S/C8H16N.2C3H8.5C2H6.5CH4.8CH3.10Y/c1-4-9-6-5-7(2)8(9)3;2*1-3-2;5*1-2;;;;;;;;;;;;;;;;;;;;;;;/h6-8H,4-5H2,1-3H3;2*3H2,1-2H3;5*1-2H3;5*1H4;8*1H3;;;;;;;;;;/q-1;;;;;;;;;;;;;8*-1;;;;;;;;;;+3/t7-,8-;;;;;;;;;;;;;;;;;;;;;;;;;;;;;;/m1............................../s1. The van der Waals surface area contributed by atoms with Crippen LogP contribution in [0.1, 0.15) is 174 Å². The van der Waals surface area contributed by atoms with Gasteiger partial charge in [-0.15, -0.1) is 0 Å². The first-order valence-corrected chi connectivity index (χ1v) is 11.7. The second-order valence-corrected chi connectivity index (χ2v) is 4.38. The summed E-state index contributed by atoms with van der Waals surface area (Å²) >= 11 is 0. The molecule has 1 fully saturated rings. The molecule has 0 aromatic carbocycles. The van der Waals surface area contributed by atoms with E-state index in [9.17, 15) is 0 Å². The molecule has 0 bridgehead atoms. The second-order valence-electron chi connectivity index (χ2n) is 4.38. The van der Waals surface area contributed by atoms with Gasteiger partial charge in [0.15, 0.2) is 0 Å². The Kier molecular flexibility index (Phi) is 1480. The smallest absolute Gasteiger partial charge is 0.454 e. The second kappa shape index (κ2) is 302. The number of hydrogen-bond acceptors (Lipinski definition) is 1. The van der Waals surface area contributed by atoms with Gasteiger partial charge in [0.25, 0.3) is 0 Å². The molecular formula is C37H106NY10-6. The van der Waals surface area contributed by atoms with Crippen molar-refractivity contribution >= 4 is 0 Å². The predicted octanol–water partition coefficient (Wildman–Crippen LogP) is 16.6. The maximum absolute atomic E-state index is 2.42. The van der Waals surface area contributed by atoms with Crippen LogP contribution >= 0.6 is 0 Å². The van der Waals surface area contributed by atoms with Gasteiger partial charge < -0.3 is 64.3 Å². The summed E-state index contributed by atoms with van der Waals surface area (Å²) in [5.41, 5.74) is 0. The van der Waals surface area contributed by atoms with E-state index in [0.29, 0.717) is 0 Å². The molecule has 48 heavy (non-hydrogen) atoms. The Bertz CT molecular complexity index is 147. The molecule has 0 N–H and O–H groups in total. The molecule has 1 heterocycles. The van der Waals surface area contributed by atoms with Crippen LogP contribution in [0, 0.1) is 71.9 Å². The van der Waals surface area contributed by atoms with E-state index >= 15 is 0 Å². The fourth-order valence-corrected chi connectivity index (χ4v) is 1.41. The number of likely N-dealkylation sites (tertiary alicyclic amines) is 1. The van der Waals surface area contributed by atoms with E-state index in [0.717, 1.165) is 12.0 Å². The maximum atomic E-state index is 2.42. The molecule has 0 aromatic rings. The molecule has 1 saturated heterocycles. The minimum Gasteiger partial charge on any atom is -0.454 e. The monoisotopic (exact) mass is 1450 g/mol. The first-order chi connectivity index (χ1) is 12.1. The summed E-state index contributed by atoms with van der Waals surface area (Å²) in [7, 11) is 0. The molecule has 0 spiro atoms. The third kappa shape index (κ3) is 264. The van der Waals surface area contributed by atoms with Crippen LogP contribution in [0.25, 0.3) is 0 Å².